The van der Waals surface area contributed by atoms with Crippen molar-refractivity contribution in [3.8, 4) is 0 Å². The number of anilines is 1. The molecule has 0 saturated heterocycles. The summed E-state index contributed by atoms with van der Waals surface area (Å²) >= 11 is 6.22. The van der Waals surface area contributed by atoms with E-state index in [9.17, 15) is 0 Å². The van der Waals surface area contributed by atoms with Crippen LogP contribution in [-0.4, -0.2) is 5.96 Å². The van der Waals surface area contributed by atoms with Crippen LogP contribution >= 0.6 is 24.0 Å². The van der Waals surface area contributed by atoms with Gasteiger partial charge in [0.25, 0.3) is 0 Å². The van der Waals surface area contributed by atoms with Crippen LogP contribution in [0.2, 0.25) is 5.02 Å². The lowest BCUT2D eigenvalue weighted by molar-refractivity contribution is 1.14. The van der Waals surface area contributed by atoms with E-state index in [0.29, 0.717) is 11.0 Å². The number of halogens is 2. The molecule has 0 atom stereocenters. The quantitative estimate of drug-likeness (QED) is 0.476. The fourth-order valence-electron chi connectivity index (χ4n) is 2.49. The van der Waals surface area contributed by atoms with Crippen molar-refractivity contribution >= 4 is 52.1 Å². The third-order valence-electron chi connectivity index (χ3n) is 3.71. The highest BCUT2D eigenvalue weighted by Crippen LogP contribution is 2.26. The summed E-state index contributed by atoms with van der Waals surface area (Å²) in [5.74, 6) is 0.316. The molecule has 3 N–H and O–H groups in total. The summed E-state index contributed by atoms with van der Waals surface area (Å²) in [6.45, 7) is 2.10. The SMILES string of the molecule is CCc1ccc(Cl)c(NC(N)=Nc2cccc3ccccc23)c1.Cl. The van der Waals surface area contributed by atoms with Crippen LogP contribution in [0.15, 0.2) is 65.7 Å². The summed E-state index contributed by atoms with van der Waals surface area (Å²) in [7, 11) is 0. The van der Waals surface area contributed by atoms with Crippen LogP contribution in [0.1, 0.15) is 12.5 Å². The summed E-state index contributed by atoms with van der Waals surface area (Å²) < 4.78 is 0. The molecule has 3 aromatic rings. The summed E-state index contributed by atoms with van der Waals surface area (Å²) in [6.07, 6.45) is 0.937. The van der Waals surface area contributed by atoms with E-state index in [0.717, 1.165) is 28.6 Å². The van der Waals surface area contributed by atoms with Gasteiger partial charge in [-0.15, -0.1) is 12.4 Å². The van der Waals surface area contributed by atoms with Gasteiger partial charge < -0.3 is 11.1 Å². The highest BCUT2D eigenvalue weighted by Gasteiger charge is 2.04. The molecule has 0 heterocycles. The first-order valence-corrected chi connectivity index (χ1v) is 7.92. The second-order valence-electron chi connectivity index (χ2n) is 5.29. The summed E-state index contributed by atoms with van der Waals surface area (Å²) in [5, 5.41) is 5.91. The van der Waals surface area contributed by atoms with Crippen molar-refractivity contribution in [3.63, 3.8) is 0 Å². The molecule has 0 fully saturated rings. The second kappa shape index (κ2) is 8.04. The molecule has 3 nitrogen and oxygen atoms in total. The second-order valence-corrected chi connectivity index (χ2v) is 5.70. The Morgan fingerprint density at radius 2 is 1.83 bits per heavy atom. The van der Waals surface area contributed by atoms with Crippen LogP contribution < -0.4 is 11.1 Å². The first kappa shape index (κ1) is 18.1. The molecule has 0 aliphatic carbocycles. The Kier molecular flexibility index (Phi) is 6.07. The standard InChI is InChI=1S/C19H18ClN3.ClH/c1-2-13-10-11-16(20)18(12-13)23-19(21)22-17-9-5-7-14-6-3-4-8-15(14)17;/h3-12H,2H2,1H3,(H3,21,22,23);1H. The lowest BCUT2D eigenvalue weighted by Gasteiger charge is -2.10. The van der Waals surface area contributed by atoms with Crippen LogP contribution in [0.5, 0.6) is 0 Å². The Labute approximate surface area is 153 Å². The first-order chi connectivity index (χ1) is 11.2. The van der Waals surface area contributed by atoms with Gasteiger partial charge in [-0.3, -0.25) is 0 Å². The minimum atomic E-state index is 0. The zero-order valence-corrected chi connectivity index (χ0v) is 14.9. The van der Waals surface area contributed by atoms with E-state index in [1.165, 1.54) is 5.56 Å². The monoisotopic (exact) mass is 359 g/mol. The maximum absolute atomic E-state index is 6.22. The summed E-state index contributed by atoms with van der Waals surface area (Å²) in [5.41, 5.74) is 8.86. The fraction of sp³-hybridized carbons (Fsp3) is 0.105. The fourth-order valence-corrected chi connectivity index (χ4v) is 2.65. The highest BCUT2D eigenvalue weighted by atomic mass is 35.5. The van der Waals surface area contributed by atoms with E-state index in [1.54, 1.807) is 0 Å². The number of aliphatic imine (C=N–C) groups is 1. The molecule has 0 saturated carbocycles. The number of guanidine groups is 1. The average molecular weight is 360 g/mol. The third kappa shape index (κ3) is 3.99. The molecule has 0 radical (unpaired) electrons. The Hall–Kier alpha value is -2.23. The van der Waals surface area contributed by atoms with Crippen molar-refractivity contribution in [2.24, 2.45) is 10.7 Å². The Bertz CT molecular complexity index is 870. The van der Waals surface area contributed by atoms with E-state index in [2.05, 4.69) is 29.4 Å². The molecule has 5 heteroatoms. The number of nitrogens with one attached hydrogen (secondary N) is 1. The van der Waals surface area contributed by atoms with Gasteiger partial charge in [-0.1, -0.05) is 61.0 Å². The molecule has 0 aromatic heterocycles. The van der Waals surface area contributed by atoms with Crippen molar-refractivity contribution in [1.82, 2.24) is 0 Å². The normalized spacial score (nSPS) is 11.2. The molecule has 0 bridgehead atoms. The number of rotatable bonds is 3. The summed E-state index contributed by atoms with van der Waals surface area (Å²) in [4.78, 5) is 4.50. The maximum atomic E-state index is 6.22. The van der Waals surface area contributed by atoms with Gasteiger partial charge in [-0.2, -0.15) is 0 Å². The van der Waals surface area contributed by atoms with Gasteiger partial charge in [0.1, 0.15) is 0 Å². The number of hydrogen-bond donors (Lipinski definition) is 2. The maximum Gasteiger partial charge on any atom is 0.198 e. The van der Waals surface area contributed by atoms with Crippen molar-refractivity contribution < 1.29 is 0 Å². The average Bonchev–Trinajstić information content (AvgIpc) is 2.57. The van der Waals surface area contributed by atoms with Crippen LogP contribution in [0, 0.1) is 0 Å². The van der Waals surface area contributed by atoms with E-state index in [1.807, 2.05) is 48.5 Å². The van der Waals surface area contributed by atoms with Crippen LogP contribution in [0.25, 0.3) is 10.8 Å². The van der Waals surface area contributed by atoms with E-state index in [4.69, 9.17) is 17.3 Å². The van der Waals surface area contributed by atoms with Crippen LogP contribution in [0.3, 0.4) is 0 Å². The Balaban J connectivity index is 0.00000208. The summed E-state index contributed by atoms with van der Waals surface area (Å²) in [6, 6.07) is 19.9. The largest absolute Gasteiger partial charge is 0.369 e. The number of benzene rings is 3. The lowest BCUT2D eigenvalue weighted by atomic mass is 10.1. The van der Waals surface area contributed by atoms with Gasteiger partial charge in [0.2, 0.25) is 0 Å². The molecule has 124 valence electrons. The molecule has 0 aliphatic heterocycles. The Morgan fingerprint density at radius 3 is 2.62 bits per heavy atom. The van der Waals surface area contributed by atoms with Gasteiger partial charge >= 0.3 is 0 Å². The van der Waals surface area contributed by atoms with Gasteiger partial charge in [0.05, 0.1) is 16.4 Å². The minimum absolute atomic E-state index is 0. The highest BCUT2D eigenvalue weighted by molar-refractivity contribution is 6.33. The predicted molar refractivity (Wildman–Crippen MR) is 107 cm³/mol. The zero-order chi connectivity index (χ0) is 16.2. The van der Waals surface area contributed by atoms with Gasteiger partial charge in [0, 0.05) is 5.39 Å². The van der Waals surface area contributed by atoms with Crippen LogP contribution in [0.4, 0.5) is 11.4 Å². The predicted octanol–water partition coefficient (Wildman–Crippen LogP) is 5.54. The third-order valence-corrected chi connectivity index (χ3v) is 4.04. The number of nitrogens with zero attached hydrogens (tertiary/aromatic N) is 1. The van der Waals surface area contributed by atoms with Gasteiger partial charge in [0.15, 0.2) is 5.96 Å². The van der Waals surface area contributed by atoms with E-state index >= 15 is 0 Å². The zero-order valence-electron chi connectivity index (χ0n) is 13.3. The topological polar surface area (TPSA) is 50.4 Å². The van der Waals surface area contributed by atoms with E-state index < -0.39 is 0 Å². The molecule has 3 aromatic carbocycles. The Morgan fingerprint density at radius 1 is 1.08 bits per heavy atom. The molecular formula is C19H19Cl2N3. The number of hydrogen-bond acceptors (Lipinski definition) is 1. The lowest BCUT2D eigenvalue weighted by Crippen LogP contribution is -2.22. The molecule has 3 rings (SSSR count). The number of nitrogens with two attached hydrogens (primary N) is 1. The van der Waals surface area contributed by atoms with Gasteiger partial charge in [-0.25, -0.2) is 4.99 Å². The van der Waals surface area contributed by atoms with Crippen molar-refractivity contribution in [1.29, 1.82) is 0 Å². The number of aryl methyl sites for hydroxylation is 1. The van der Waals surface area contributed by atoms with Gasteiger partial charge in [-0.05, 0) is 35.6 Å². The molecule has 0 unspecified atom stereocenters. The first-order valence-electron chi connectivity index (χ1n) is 7.54. The van der Waals surface area contributed by atoms with Crippen molar-refractivity contribution in [2.45, 2.75) is 13.3 Å². The molecule has 0 aliphatic rings. The molecule has 0 amide bonds. The minimum Gasteiger partial charge on any atom is -0.369 e. The number of fused-ring (bicyclic) bond motifs is 1. The van der Waals surface area contributed by atoms with Crippen molar-refractivity contribution in [3.05, 3.63) is 71.2 Å². The smallest absolute Gasteiger partial charge is 0.198 e. The molecule has 24 heavy (non-hydrogen) atoms. The molecular weight excluding hydrogens is 341 g/mol. The van der Waals surface area contributed by atoms with Crippen molar-refractivity contribution in [2.75, 3.05) is 5.32 Å². The molecule has 0 spiro atoms. The van der Waals surface area contributed by atoms with E-state index in [-0.39, 0.29) is 12.4 Å². The van der Waals surface area contributed by atoms with Crippen LogP contribution in [-0.2, 0) is 6.42 Å².